The summed E-state index contributed by atoms with van der Waals surface area (Å²) in [5, 5.41) is 12.1. The number of benzene rings is 1. The van der Waals surface area contributed by atoms with Gasteiger partial charge in [0.2, 0.25) is 0 Å². The Hall–Kier alpha value is -1.75. The molecule has 0 aromatic heterocycles. The quantitative estimate of drug-likeness (QED) is 0.737. The number of hydrogen-bond donors (Lipinski definition) is 1. The molecule has 2 heteroatoms. The van der Waals surface area contributed by atoms with Gasteiger partial charge in [-0.1, -0.05) is 12.1 Å². The predicted octanol–water partition coefficient (Wildman–Crippen LogP) is 2.85. The van der Waals surface area contributed by atoms with E-state index >= 15 is 0 Å². The second kappa shape index (κ2) is 4.48. The molecule has 0 aliphatic heterocycles. The zero-order valence-electron chi connectivity index (χ0n) is 8.54. The van der Waals surface area contributed by atoms with Crippen LogP contribution in [0.25, 0.3) is 0 Å². The summed E-state index contributed by atoms with van der Waals surface area (Å²) in [6.07, 6.45) is 1.81. The van der Waals surface area contributed by atoms with E-state index in [9.17, 15) is 0 Å². The Bertz CT molecular complexity index is 374. The lowest BCUT2D eigenvalue weighted by molar-refractivity contribution is 0.999. The van der Waals surface area contributed by atoms with Crippen molar-refractivity contribution in [2.45, 2.75) is 19.9 Å². The molecule has 0 aliphatic carbocycles. The summed E-state index contributed by atoms with van der Waals surface area (Å²) in [5.41, 5.74) is 2.69. The average molecular weight is 186 g/mol. The van der Waals surface area contributed by atoms with Crippen LogP contribution in [-0.2, 0) is 0 Å². The molecule has 0 aliphatic rings. The lowest BCUT2D eigenvalue weighted by atomic mass is 10.1. The highest BCUT2D eigenvalue weighted by Gasteiger charge is 2.03. The molecule has 1 aromatic carbocycles. The van der Waals surface area contributed by atoms with Gasteiger partial charge in [-0.15, -0.1) is 6.58 Å². The van der Waals surface area contributed by atoms with E-state index in [0.717, 1.165) is 11.3 Å². The summed E-state index contributed by atoms with van der Waals surface area (Å²) >= 11 is 0. The second-order valence-electron chi connectivity index (χ2n) is 3.33. The molecule has 2 nitrogen and oxygen atoms in total. The van der Waals surface area contributed by atoms with Gasteiger partial charge in [0.1, 0.15) is 6.07 Å². The van der Waals surface area contributed by atoms with Crippen molar-refractivity contribution in [2.24, 2.45) is 0 Å². The molecule has 0 bridgehead atoms. The summed E-state index contributed by atoms with van der Waals surface area (Å²) in [6, 6.07) is 8.06. The molecule has 0 saturated carbocycles. The van der Waals surface area contributed by atoms with Crippen molar-refractivity contribution in [3.8, 4) is 6.07 Å². The maximum atomic E-state index is 8.88. The van der Waals surface area contributed by atoms with Gasteiger partial charge >= 0.3 is 0 Å². The molecule has 0 fully saturated rings. The van der Waals surface area contributed by atoms with E-state index in [4.69, 9.17) is 5.26 Å². The zero-order valence-corrected chi connectivity index (χ0v) is 8.54. The SMILES string of the molecule is C=CC(C)Nc1cc(C)ccc1C#N. The molecule has 1 aromatic rings. The number of nitrogens with zero attached hydrogens (tertiary/aromatic N) is 1. The minimum Gasteiger partial charge on any atom is -0.378 e. The Balaban J connectivity index is 3.00. The van der Waals surface area contributed by atoms with Crippen LogP contribution < -0.4 is 5.32 Å². The monoisotopic (exact) mass is 186 g/mol. The van der Waals surface area contributed by atoms with Crippen LogP contribution >= 0.6 is 0 Å². The summed E-state index contributed by atoms with van der Waals surface area (Å²) in [4.78, 5) is 0. The standard InChI is InChI=1S/C12H14N2/c1-4-10(3)14-12-7-9(2)5-6-11(12)8-13/h4-7,10,14H,1H2,2-3H3. The maximum absolute atomic E-state index is 8.88. The van der Waals surface area contributed by atoms with Gasteiger partial charge in [0, 0.05) is 6.04 Å². The molecule has 1 atom stereocenters. The summed E-state index contributed by atoms with van der Waals surface area (Å²) < 4.78 is 0. The van der Waals surface area contributed by atoms with Gasteiger partial charge < -0.3 is 5.32 Å². The van der Waals surface area contributed by atoms with Crippen LogP contribution in [0.2, 0.25) is 0 Å². The first kappa shape index (κ1) is 10.3. The van der Waals surface area contributed by atoms with E-state index in [0.29, 0.717) is 5.56 Å². The first-order chi connectivity index (χ1) is 6.67. The fourth-order valence-electron chi connectivity index (χ4n) is 1.18. The van der Waals surface area contributed by atoms with Gasteiger partial charge in [-0.25, -0.2) is 0 Å². The van der Waals surface area contributed by atoms with Crippen molar-refractivity contribution in [3.05, 3.63) is 42.0 Å². The minimum atomic E-state index is 0.170. The molecular weight excluding hydrogens is 172 g/mol. The molecule has 0 amide bonds. The van der Waals surface area contributed by atoms with Gasteiger partial charge in [0.25, 0.3) is 0 Å². The lowest BCUT2D eigenvalue weighted by Crippen LogP contribution is -2.12. The van der Waals surface area contributed by atoms with Crippen molar-refractivity contribution in [3.63, 3.8) is 0 Å². The summed E-state index contributed by atoms with van der Waals surface area (Å²) in [7, 11) is 0. The number of hydrogen-bond acceptors (Lipinski definition) is 2. The van der Waals surface area contributed by atoms with Gasteiger partial charge in [-0.2, -0.15) is 5.26 Å². The maximum Gasteiger partial charge on any atom is 0.101 e. The third-order valence-corrected chi connectivity index (χ3v) is 2.03. The summed E-state index contributed by atoms with van der Waals surface area (Å²) in [5.74, 6) is 0. The van der Waals surface area contributed by atoms with Crippen LogP contribution in [0.4, 0.5) is 5.69 Å². The highest BCUT2D eigenvalue weighted by atomic mass is 14.9. The lowest BCUT2D eigenvalue weighted by Gasteiger charge is -2.12. The van der Waals surface area contributed by atoms with Crippen molar-refractivity contribution in [1.29, 1.82) is 5.26 Å². The second-order valence-corrected chi connectivity index (χ2v) is 3.33. The number of nitriles is 1. The highest BCUT2D eigenvalue weighted by Crippen LogP contribution is 2.17. The topological polar surface area (TPSA) is 35.8 Å². The Morgan fingerprint density at radius 1 is 1.57 bits per heavy atom. The first-order valence-corrected chi connectivity index (χ1v) is 4.57. The van der Waals surface area contributed by atoms with E-state index in [1.165, 1.54) is 0 Å². The largest absolute Gasteiger partial charge is 0.378 e. The van der Waals surface area contributed by atoms with E-state index in [2.05, 4.69) is 18.0 Å². The van der Waals surface area contributed by atoms with Gasteiger partial charge in [-0.05, 0) is 31.5 Å². The van der Waals surface area contributed by atoms with Gasteiger partial charge in [0.05, 0.1) is 11.3 Å². The Kier molecular flexibility index (Phi) is 3.30. The van der Waals surface area contributed by atoms with E-state index in [1.807, 2.05) is 38.1 Å². The normalized spacial score (nSPS) is 11.5. The Labute approximate surface area is 84.9 Å². The van der Waals surface area contributed by atoms with Crippen LogP contribution in [0.3, 0.4) is 0 Å². The zero-order chi connectivity index (χ0) is 10.6. The van der Waals surface area contributed by atoms with Crippen LogP contribution in [0.1, 0.15) is 18.1 Å². The molecule has 72 valence electrons. The molecular formula is C12H14N2. The van der Waals surface area contributed by atoms with Crippen LogP contribution in [-0.4, -0.2) is 6.04 Å². The third-order valence-electron chi connectivity index (χ3n) is 2.03. The minimum absolute atomic E-state index is 0.170. The molecule has 1 unspecified atom stereocenters. The van der Waals surface area contributed by atoms with Crippen LogP contribution in [0, 0.1) is 18.3 Å². The Morgan fingerprint density at radius 2 is 2.29 bits per heavy atom. The smallest absolute Gasteiger partial charge is 0.101 e. The molecule has 0 saturated heterocycles. The van der Waals surface area contributed by atoms with Gasteiger partial charge in [0.15, 0.2) is 0 Å². The third kappa shape index (κ3) is 2.37. The van der Waals surface area contributed by atoms with Crippen molar-refractivity contribution < 1.29 is 0 Å². The molecule has 14 heavy (non-hydrogen) atoms. The van der Waals surface area contributed by atoms with Crippen LogP contribution in [0.5, 0.6) is 0 Å². The first-order valence-electron chi connectivity index (χ1n) is 4.57. The number of aryl methyl sites for hydroxylation is 1. The fraction of sp³-hybridized carbons (Fsp3) is 0.250. The summed E-state index contributed by atoms with van der Waals surface area (Å²) in [6.45, 7) is 7.69. The van der Waals surface area contributed by atoms with E-state index < -0.39 is 0 Å². The van der Waals surface area contributed by atoms with E-state index in [-0.39, 0.29) is 6.04 Å². The van der Waals surface area contributed by atoms with Crippen molar-refractivity contribution >= 4 is 5.69 Å². The fourth-order valence-corrected chi connectivity index (χ4v) is 1.18. The average Bonchev–Trinajstić information content (AvgIpc) is 2.18. The van der Waals surface area contributed by atoms with Crippen molar-refractivity contribution in [2.75, 3.05) is 5.32 Å². The molecule has 0 spiro atoms. The van der Waals surface area contributed by atoms with Crippen LogP contribution in [0.15, 0.2) is 30.9 Å². The van der Waals surface area contributed by atoms with E-state index in [1.54, 1.807) is 0 Å². The molecule has 0 radical (unpaired) electrons. The predicted molar refractivity (Wildman–Crippen MR) is 59.2 cm³/mol. The van der Waals surface area contributed by atoms with Crippen molar-refractivity contribution in [1.82, 2.24) is 0 Å². The highest BCUT2D eigenvalue weighted by molar-refractivity contribution is 5.59. The number of anilines is 1. The molecule has 0 heterocycles. The van der Waals surface area contributed by atoms with Gasteiger partial charge in [-0.3, -0.25) is 0 Å². The molecule has 1 rings (SSSR count). The molecule has 1 N–H and O–H groups in total. The number of rotatable bonds is 3. The number of nitrogens with one attached hydrogen (secondary N) is 1. The Morgan fingerprint density at radius 3 is 2.86 bits per heavy atom.